The van der Waals surface area contributed by atoms with E-state index in [-0.39, 0.29) is 11.0 Å². The number of alkyl halides is 5. The molecule has 0 radical (unpaired) electrons. The van der Waals surface area contributed by atoms with Gasteiger partial charge in [0.25, 0.3) is 11.8 Å². The Labute approximate surface area is 175 Å². The number of amides is 2. The molecule has 31 heavy (non-hydrogen) atoms. The Morgan fingerprint density at radius 3 is 2.39 bits per heavy atom. The summed E-state index contributed by atoms with van der Waals surface area (Å²) in [5.74, 6) is -7.48. The summed E-state index contributed by atoms with van der Waals surface area (Å²) >= 11 is 5.63. The van der Waals surface area contributed by atoms with Crippen LogP contribution in [0.2, 0.25) is 5.02 Å². The highest BCUT2D eigenvalue weighted by atomic mass is 35.5. The zero-order chi connectivity index (χ0) is 22.8. The molecule has 1 fully saturated rings. The second-order valence-corrected chi connectivity index (χ2v) is 7.68. The van der Waals surface area contributed by atoms with Gasteiger partial charge in [0.15, 0.2) is 0 Å². The summed E-state index contributed by atoms with van der Waals surface area (Å²) in [7, 11) is 0. The van der Waals surface area contributed by atoms with Crippen LogP contribution in [-0.4, -0.2) is 45.7 Å². The van der Waals surface area contributed by atoms with Crippen molar-refractivity contribution < 1.29 is 35.9 Å². The lowest BCUT2D eigenvalue weighted by Crippen LogP contribution is -2.49. The molecule has 1 N–H and O–H groups in total. The first-order chi connectivity index (χ1) is 14.4. The Morgan fingerprint density at radius 1 is 1.23 bits per heavy atom. The number of nitrogens with zero attached hydrogens (tertiary/aromatic N) is 3. The zero-order valence-electron chi connectivity index (χ0n) is 15.2. The van der Waals surface area contributed by atoms with Gasteiger partial charge in [0.05, 0.1) is 28.4 Å². The number of benzene rings is 1. The highest BCUT2D eigenvalue weighted by molar-refractivity contribution is 6.30. The zero-order valence-corrected chi connectivity index (χ0v) is 16.0. The first-order valence-electron chi connectivity index (χ1n) is 8.70. The van der Waals surface area contributed by atoms with E-state index in [9.17, 15) is 35.9 Å². The van der Waals surface area contributed by atoms with E-state index in [1.165, 1.54) is 12.4 Å². The summed E-state index contributed by atoms with van der Waals surface area (Å²) in [5, 5.41) is 2.44. The van der Waals surface area contributed by atoms with Crippen LogP contribution in [0.1, 0.15) is 27.9 Å². The molecule has 1 saturated carbocycles. The number of rotatable bonds is 3. The smallest absolute Gasteiger partial charge is 0.328 e. The predicted molar refractivity (Wildman–Crippen MR) is 94.2 cm³/mol. The number of aromatic nitrogens is 2. The van der Waals surface area contributed by atoms with Crippen molar-refractivity contribution in [3.8, 4) is 0 Å². The van der Waals surface area contributed by atoms with Crippen molar-refractivity contribution >= 4 is 29.4 Å². The van der Waals surface area contributed by atoms with Crippen molar-refractivity contribution in [1.29, 1.82) is 0 Å². The monoisotopic (exact) mass is 464 g/mol. The van der Waals surface area contributed by atoms with Gasteiger partial charge in [-0.2, -0.15) is 13.2 Å². The van der Waals surface area contributed by atoms with Crippen LogP contribution in [0.25, 0.3) is 0 Å². The third kappa shape index (κ3) is 3.48. The van der Waals surface area contributed by atoms with Crippen LogP contribution in [0.4, 0.5) is 32.3 Å². The summed E-state index contributed by atoms with van der Waals surface area (Å²) in [4.78, 5) is 33.1. The van der Waals surface area contributed by atoms with E-state index < -0.39 is 71.3 Å². The van der Waals surface area contributed by atoms with E-state index in [4.69, 9.17) is 11.6 Å². The van der Waals surface area contributed by atoms with Crippen LogP contribution in [0.5, 0.6) is 0 Å². The van der Waals surface area contributed by atoms with Crippen LogP contribution >= 0.6 is 11.6 Å². The molecule has 0 saturated heterocycles. The van der Waals surface area contributed by atoms with Crippen molar-refractivity contribution in [1.82, 2.24) is 14.9 Å². The van der Waals surface area contributed by atoms with Crippen molar-refractivity contribution in [3.63, 3.8) is 0 Å². The maximum Gasteiger partial charge on any atom is 0.419 e. The van der Waals surface area contributed by atoms with E-state index in [2.05, 4.69) is 15.3 Å². The lowest BCUT2D eigenvalue weighted by molar-refractivity contribution is -0.140. The maximum atomic E-state index is 14.7. The van der Waals surface area contributed by atoms with Gasteiger partial charge < -0.3 is 4.90 Å². The summed E-state index contributed by atoms with van der Waals surface area (Å²) < 4.78 is 82.4. The maximum absolute atomic E-state index is 14.7. The standard InChI is InChI=1S/C18H11ClF6N4O2/c19-8-3-26-15(27-4-8)28-11(30)5-29-7-16(6-17(16,21)22)12-9(14(29)31)1-2-10(13(12)20)18(23,24)25/h1-4H,5-7H2,(H,26,27,28,30). The number of halogens is 7. The molecular formula is C18H11ClF6N4O2. The summed E-state index contributed by atoms with van der Waals surface area (Å²) in [6.07, 6.45) is -3.69. The summed E-state index contributed by atoms with van der Waals surface area (Å²) in [5.41, 5.74) is -5.66. The molecule has 1 aliphatic heterocycles. The number of fused-ring (bicyclic) bond motifs is 2. The third-order valence-corrected chi connectivity index (χ3v) is 5.40. The summed E-state index contributed by atoms with van der Waals surface area (Å²) in [6, 6.07) is 0.984. The van der Waals surface area contributed by atoms with Crippen molar-refractivity contribution in [2.45, 2.75) is 23.9 Å². The lowest BCUT2D eigenvalue weighted by atomic mass is 9.84. The average Bonchev–Trinajstić information content (AvgIpc) is 3.20. The van der Waals surface area contributed by atoms with Gasteiger partial charge >= 0.3 is 6.18 Å². The third-order valence-electron chi connectivity index (χ3n) is 5.21. The highest BCUT2D eigenvalue weighted by Gasteiger charge is 2.75. The number of carbonyl (C=O) groups is 2. The predicted octanol–water partition coefficient (Wildman–Crippen LogP) is 3.66. The van der Waals surface area contributed by atoms with E-state index in [1.54, 1.807) is 0 Å². The Morgan fingerprint density at radius 2 is 1.84 bits per heavy atom. The Hall–Kier alpha value is -2.89. The van der Waals surface area contributed by atoms with E-state index in [0.717, 1.165) is 4.90 Å². The molecule has 2 amide bonds. The molecule has 6 nitrogen and oxygen atoms in total. The van der Waals surface area contributed by atoms with E-state index in [1.807, 2.05) is 0 Å². The van der Waals surface area contributed by atoms with Crippen LogP contribution in [0.3, 0.4) is 0 Å². The molecule has 164 valence electrons. The number of nitrogens with one attached hydrogen (secondary N) is 1. The fraction of sp³-hybridized carbons (Fsp3) is 0.333. The van der Waals surface area contributed by atoms with Gasteiger partial charge in [-0.25, -0.2) is 23.1 Å². The van der Waals surface area contributed by atoms with Gasteiger partial charge in [-0.1, -0.05) is 11.6 Å². The van der Waals surface area contributed by atoms with Crippen molar-refractivity contribution in [3.05, 3.63) is 52.1 Å². The number of carbonyl (C=O) groups excluding carboxylic acids is 2. The van der Waals surface area contributed by atoms with E-state index >= 15 is 0 Å². The molecule has 1 aliphatic carbocycles. The topological polar surface area (TPSA) is 75.2 Å². The van der Waals surface area contributed by atoms with Gasteiger partial charge in [-0.15, -0.1) is 0 Å². The van der Waals surface area contributed by atoms with Crippen LogP contribution in [0, 0.1) is 5.82 Å². The fourth-order valence-electron chi connectivity index (χ4n) is 3.71. The minimum Gasteiger partial charge on any atom is -0.328 e. The van der Waals surface area contributed by atoms with E-state index in [0.29, 0.717) is 12.1 Å². The molecule has 1 aromatic carbocycles. The summed E-state index contributed by atoms with van der Waals surface area (Å²) in [6.45, 7) is -1.54. The molecule has 2 aliphatic rings. The molecule has 1 atom stereocenters. The molecule has 13 heteroatoms. The van der Waals surface area contributed by atoms with Gasteiger partial charge in [0.1, 0.15) is 12.4 Å². The van der Waals surface area contributed by atoms with Gasteiger partial charge in [-0.05, 0) is 12.1 Å². The van der Waals surface area contributed by atoms with Gasteiger partial charge in [-0.3, -0.25) is 14.9 Å². The quantitative estimate of drug-likeness (QED) is 0.704. The van der Waals surface area contributed by atoms with Crippen molar-refractivity contribution in [2.75, 3.05) is 18.4 Å². The molecule has 4 rings (SSSR count). The number of hydrogen-bond donors (Lipinski definition) is 1. The largest absolute Gasteiger partial charge is 0.419 e. The lowest BCUT2D eigenvalue weighted by Gasteiger charge is -2.35. The van der Waals surface area contributed by atoms with Crippen molar-refractivity contribution in [2.24, 2.45) is 0 Å². The van der Waals surface area contributed by atoms with Gasteiger partial charge in [0, 0.05) is 24.1 Å². The minimum atomic E-state index is -5.12. The average molecular weight is 465 g/mol. The second kappa shape index (κ2) is 6.81. The number of hydrogen-bond acceptors (Lipinski definition) is 4. The normalized spacial score (nSPS) is 21.8. The molecule has 1 unspecified atom stereocenters. The second-order valence-electron chi connectivity index (χ2n) is 7.25. The highest BCUT2D eigenvalue weighted by Crippen LogP contribution is 2.64. The molecule has 2 aromatic rings. The minimum absolute atomic E-state index is 0.161. The fourth-order valence-corrected chi connectivity index (χ4v) is 3.81. The Kier molecular flexibility index (Phi) is 4.69. The molecule has 2 heterocycles. The Balaban J connectivity index is 1.66. The van der Waals surface area contributed by atoms with Crippen LogP contribution in [0.15, 0.2) is 24.5 Å². The molecule has 1 spiro atoms. The first-order valence-corrected chi connectivity index (χ1v) is 9.08. The SMILES string of the molecule is O=C(CN1CC2(CC2(F)F)c2c(ccc(C(F)(F)F)c2F)C1=O)Nc1ncc(Cl)cn1. The number of anilines is 1. The molecule has 1 aromatic heterocycles. The van der Waals surface area contributed by atoms with Gasteiger partial charge in [0.2, 0.25) is 11.9 Å². The Bertz CT molecular complexity index is 1090. The van der Waals surface area contributed by atoms with Crippen LogP contribution in [-0.2, 0) is 16.4 Å². The molecule has 0 bridgehead atoms. The molecular weight excluding hydrogens is 454 g/mol. The first kappa shape index (κ1) is 21.3. The van der Waals surface area contributed by atoms with Crippen LogP contribution < -0.4 is 5.32 Å².